The molecule has 1 aromatic carbocycles. The van der Waals surface area contributed by atoms with Crippen LogP contribution in [0.3, 0.4) is 0 Å². The van der Waals surface area contributed by atoms with Gasteiger partial charge in [0.2, 0.25) is 5.91 Å². The average Bonchev–Trinajstić information content (AvgIpc) is 2.35. The predicted molar refractivity (Wildman–Crippen MR) is 69.3 cm³/mol. The number of rotatable bonds is 3. The Hall–Kier alpha value is -1.67. The van der Waals surface area contributed by atoms with Crippen molar-refractivity contribution in [2.24, 2.45) is 0 Å². The number of carbonyl (C=O) groups is 1. The number of amides is 1. The summed E-state index contributed by atoms with van der Waals surface area (Å²) in [7, 11) is 1.94. The van der Waals surface area contributed by atoms with E-state index in [1.807, 2.05) is 30.1 Å². The summed E-state index contributed by atoms with van der Waals surface area (Å²) >= 11 is 1.55. The molecule has 1 N–H and O–H groups in total. The summed E-state index contributed by atoms with van der Waals surface area (Å²) < 4.78 is 0. The number of nitrogens with one attached hydrogen (secondary N) is 1. The van der Waals surface area contributed by atoms with Crippen molar-refractivity contribution in [3.8, 4) is 6.07 Å². The molecule has 5 heteroatoms. The summed E-state index contributed by atoms with van der Waals surface area (Å²) in [4.78, 5) is 14.4. The highest BCUT2D eigenvalue weighted by molar-refractivity contribution is 8.00. The van der Waals surface area contributed by atoms with Gasteiger partial charge in [0, 0.05) is 24.2 Å². The van der Waals surface area contributed by atoms with Crippen molar-refractivity contribution in [1.29, 1.82) is 5.26 Å². The normalized spacial score (nSPS) is 13.5. The summed E-state index contributed by atoms with van der Waals surface area (Å²) in [5.41, 5.74) is 1.88. The zero-order valence-electron chi connectivity index (χ0n) is 9.56. The standard InChI is InChI=1S/C12H13N3OS/c1-15(6-2-5-13)9-3-4-11-10(7-9)14-12(16)8-17-11/h3-4,7H,2,6,8H2,1H3,(H,14,16). The van der Waals surface area contributed by atoms with Gasteiger partial charge < -0.3 is 10.2 Å². The van der Waals surface area contributed by atoms with Crippen LogP contribution >= 0.6 is 11.8 Å². The summed E-state index contributed by atoms with van der Waals surface area (Å²) in [5.74, 6) is 0.524. The number of nitrogens with zero attached hydrogens (tertiary/aromatic N) is 2. The zero-order chi connectivity index (χ0) is 12.3. The molecule has 0 atom stereocenters. The van der Waals surface area contributed by atoms with Crippen LogP contribution in [0.2, 0.25) is 0 Å². The molecule has 2 rings (SSSR count). The van der Waals surface area contributed by atoms with E-state index in [2.05, 4.69) is 11.4 Å². The fourth-order valence-electron chi connectivity index (χ4n) is 1.66. The molecule has 1 heterocycles. The van der Waals surface area contributed by atoms with Crippen LogP contribution in [-0.2, 0) is 4.79 Å². The van der Waals surface area contributed by atoms with Gasteiger partial charge in [0.25, 0.3) is 0 Å². The minimum Gasteiger partial charge on any atom is -0.374 e. The molecule has 4 nitrogen and oxygen atoms in total. The lowest BCUT2D eigenvalue weighted by Crippen LogP contribution is -2.21. The van der Waals surface area contributed by atoms with Crippen molar-refractivity contribution < 1.29 is 4.79 Å². The minimum atomic E-state index is 0.0410. The summed E-state index contributed by atoms with van der Waals surface area (Å²) in [6, 6.07) is 8.10. The van der Waals surface area contributed by atoms with Gasteiger partial charge in [-0.05, 0) is 18.2 Å². The van der Waals surface area contributed by atoms with Crippen molar-refractivity contribution >= 4 is 29.0 Å². The Morgan fingerprint density at radius 2 is 2.41 bits per heavy atom. The second-order valence-corrected chi connectivity index (χ2v) is 4.86. The fourth-order valence-corrected chi connectivity index (χ4v) is 2.44. The number of nitriles is 1. The van der Waals surface area contributed by atoms with Gasteiger partial charge >= 0.3 is 0 Å². The van der Waals surface area contributed by atoms with Crippen molar-refractivity contribution in [3.05, 3.63) is 18.2 Å². The van der Waals surface area contributed by atoms with Crippen LogP contribution in [0.1, 0.15) is 6.42 Å². The lowest BCUT2D eigenvalue weighted by atomic mass is 10.2. The van der Waals surface area contributed by atoms with Crippen LogP contribution in [-0.4, -0.2) is 25.3 Å². The predicted octanol–water partition coefficient (Wildman–Crippen LogP) is 2.08. The van der Waals surface area contributed by atoms with Gasteiger partial charge in [0.15, 0.2) is 0 Å². The SMILES string of the molecule is CN(CCC#N)c1ccc2c(c1)NC(=O)CS2. The Morgan fingerprint density at radius 1 is 1.59 bits per heavy atom. The highest BCUT2D eigenvalue weighted by atomic mass is 32.2. The molecule has 1 amide bonds. The number of thioether (sulfide) groups is 1. The van der Waals surface area contributed by atoms with E-state index in [0.717, 1.165) is 16.3 Å². The van der Waals surface area contributed by atoms with Crippen molar-refractivity contribution in [3.63, 3.8) is 0 Å². The average molecular weight is 247 g/mol. The van der Waals surface area contributed by atoms with Crippen molar-refractivity contribution in [2.45, 2.75) is 11.3 Å². The number of carbonyl (C=O) groups excluding carboxylic acids is 1. The van der Waals surface area contributed by atoms with Gasteiger partial charge in [-0.1, -0.05) is 0 Å². The highest BCUT2D eigenvalue weighted by Gasteiger charge is 2.16. The van der Waals surface area contributed by atoms with Gasteiger partial charge in [-0.15, -0.1) is 11.8 Å². The minimum absolute atomic E-state index is 0.0410. The Labute approximate surface area is 105 Å². The summed E-state index contributed by atoms with van der Waals surface area (Å²) in [5, 5.41) is 11.4. The summed E-state index contributed by atoms with van der Waals surface area (Å²) in [6.45, 7) is 0.691. The molecule has 0 saturated heterocycles. The third-order valence-electron chi connectivity index (χ3n) is 2.60. The van der Waals surface area contributed by atoms with E-state index in [0.29, 0.717) is 18.7 Å². The van der Waals surface area contributed by atoms with Crippen LogP contribution in [0.15, 0.2) is 23.1 Å². The fraction of sp³-hybridized carbons (Fsp3) is 0.333. The second kappa shape index (κ2) is 5.11. The molecule has 0 spiro atoms. The lowest BCUT2D eigenvalue weighted by Gasteiger charge is -2.22. The maximum absolute atomic E-state index is 11.3. The Kier molecular flexibility index (Phi) is 3.55. The van der Waals surface area contributed by atoms with Gasteiger partial charge in [-0.3, -0.25) is 4.79 Å². The van der Waals surface area contributed by atoms with Gasteiger partial charge in [-0.25, -0.2) is 0 Å². The molecule has 0 aromatic heterocycles. The Bertz CT molecular complexity index is 481. The molecule has 17 heavy (non-hydrogen) atoms. The molecule has 1 aliphatic heterocycles. The highest BCUT2D eigenvalue weighted by Crippen LogP contribution is 2.34. The largest absolute Gasteiger partial charge is 0.374 e. The van der Waals surface area contributed by atoms with E-state index in [1.165, 1.54) is 0 Å². The number of anilines is 2. The second-order valence-electron chi connectivity index (χ2n) is 3.85. The van der Waals surface area contributed by atoms with E-state index in [1.54, 1.807) is 11.8 Å². The Morgan fingerprint density at radius 3 is 3.18 bits per heavy atom. The number of benzene rings is 1. The van der Waals surface area contributed by atoms with Crippen LogP contribution < -0.4 is 10.2 Å². The quantitative estimate of drug-likeness (QED) is 0.888. The van der Waals surface area contributed by atoms with Gasteiger partial charge in [-0.2, -0.15) is 5.26 Å². The van der Waals surface area contributed by atoms with E-state index in [9.17, 15) is 4.79 Å². The third-order valence-corrected chi connectivity index (χ3v) is 3.67. The third kappa shape index (κ3) is 2.71. The lowest BCUT2D eigenvalue weighted by molar-refractivity contribution is -0.113. The number of hydrogen-bond donors (Lipinski definition) is 1. The van der Waals surface area contributed by atoms with E-state index in [-0.39, 0.29) is 5.91 Å². The van der Waals surface area contributed by atoms with Crippen molar-refractivity contribution in [1.82, 2.24) is 0 Å². The molecular formula is C12H13N3OS. The molecule has 0 aliphatic carbocycles. The van der Waals surface area contributed by atoms with Crippen LogP contribution in [0.4, 0.5) is 11.4 Å². The molecule has 0 radical (unpaired) electrons. The monoisotopic (exact) mass is 247 g/mol. The molecule has 0 unspecified atom stereocenters. The molecule has 0 saturated carbocycles. The van der Waals surface area contributed by atoms with E-state index in [4.69, 9.17) is 5.26 Å². The smallest absolute Gasteiger partial charge is 0.234 e. The van der Waals surface area contributed by atoms with Crippen LogP contribution in [0, 0.1) is 11.3 Å². The topological polar surface area (TPSA) is 56.1 Å². The first-order valence-electron chi connectivity index (χ1n) is 5.35. The van der Waals surface area contributed by atoms with E-state index < -0.39 is 0 Å². The molecular weight excluding hydrogens is 234 g/mol. The summed E-state index contributed by atoms with van der Waals surface area (Å²) in [6.07, 6.45) is 0.495. The number of hydrogen-bond acceptors (Lipinski definition) is 4. The van der Waals surface area contributed by atoms with Gasteiger partial charge in [0.1, 0.15) is 0 Å². The first-order valence-corrected chi connectivity index (χ1v) is 6.34. The maximum Gasteiger partial charge on any atom is 0.234 e. The molecule has 1 aromatic rings. The molecule has 0 fully saturated rings. The molecule has 0 bridgehead atoms. The first-order chi connectivity index (χ1) is 8.20. The molecule has 1 aliphatic rings. The molecule has 88 valence electrons. The van der Waals surface area contributed by atoms with Crippen molar-refractivity contribution in [2.75, 3.05) is 29.6 Å². The zero-order valence-corrected chi connectivity index (χ0v) is 10.4. The van der Waals surface area contributed by atoms with Gasteiger partial charge in [0.05, 0.1) is 23.9 Å². The Balaban J connectivity index is 2.18. The number of fused-ring (bicyclic) bond motifs is 1. The maximum atomic E-state index is 11.3. The van der Waals surface area contributed by atoms with Crippen LogP contribution in [0.5, 0.6) is 0 Å². The first kappa shape index (κ1) is 11.8. The van der Waals surface area contributed by atoms with Crippen LogP contribution in [0.25, 0.3) is 0 Å². The van der Waals surface area contributed by atoms with E-state index >= 15 is 0 Å².